The zero-order valence-electron chi connectivity index (χ0n) is 13.4. The van der Waals surface area contributed by atoms with E-state index in [2.05, 4.69) is 64.3 Å². The zero-order chi connectivity index (χ0) is 16.6. The molecule has 3 rings (SSSR count). The summed E-state index contributed by atoms with van der Waals surface area (Å²) in [5, 5.41) is 11.4. The predicted molar refractivity (Wildman–Crippen MR) is 101 cm³/mol. The van der Waals surface area contributed by atoms with Crippen LogP contribution >= 0.6 is 12.2 Å². The Morgan fingerprint density at radius 3 is 2.42 bits per heavy atom. The van der Waals surface area contributed by atoms with E-state index < -0.39 is 0 Å². The van der Waals surface area contributed by atoms with Crippen LogP contribution in [0.2, 0.25) is 0 Å². The molecule has 0 fully saturated rings. The Hall–Kier alpha value is -2.66. The van der Waals surface area contributed by atoms with Crippen molar-refractivity contribution in [3.8, 4) is 5.69 Å². The van der Waals surface area contributed by atoms with Gasteiger partial charge in [0.1, 0.15) is 0 Å². The highest BCUT2D eigenvalue weighted by Crippen LogP contribution is 2.08. The Labute approximate surface area is 147 Å². The van der Waals surface area contributed by atoms with Crippen LogP contribution in [0.15, 0.2) is 73.1 Å². The smallest absolute Gasteiger partial charge is 0.166 e. The summed E-state index contributed by atoms with van der Waals surface area (Å²) < 4.78 is 1.84. The maximum absolute atomic E-state index is 5.32. The Morgan fingerprint density at radius 1 is 0.917 bits per heavy atom. The highest BCUT2D eigenvalue weighted by Gasteiger charge is 1.99. The maximum Gasteiger partial charge on any atom is 0.166 e. The summed E-state index contributed by atoms with van der Waals surface area (Å²) in [4.78, 5) is 0. The first-order chi connectivity index (χ1) is 11.8. The fourth-order valence-electron chi connectivity index (χ4n) is 2.40. The first kappa shape index (κ1) is 16.2. The molecular weight excluding hydrogens is 316 g/mol. The molecule has 1 aromatic heterocycles. The number of aromatic nitrogens is 2. The Morgan fingerprint density at radius 2 is 1.71 bits per heavy atom. The summed E-state index contributed by atoms with van der Waals surface area (Å²) in [6.45, 7) is 1.53. The quantitative estimate of drug-likeness (QED) is 0.679. The van der Waals surface area contributed by atoms with Crippen LogP contribution < -0.4 is 10.6 Å². The molecule has 0 amide bonds. The molecule has 1 heterocycles. The molecule has 0 saturated heterocycles. The zero-order valence-corrected chi connectivity index (χ0v) is 14.2. The highest BCUT2D eigenvalue weighted by atomic mass is 32.1. The summed E-state index contributed by atoms with van der Waals surface area (Å²) in [5.41, 5.74) is 3.53. The number of rotatable bonds is 6. The molecule has 3 aromatic rings. The van der Waals surface area contributed by atoms with Crippen LogP contribution in [0.5, 0.6) is 0 Å². The normalized spacial score (nSPS) is 10.3. The first-order valence-corrected chi connectivity index (χ1v) is 8.37. The molecule has 0 atom stereocenters. The molecule has 0 unspecified atom stereocenters. The molecular formula is C19H20N4S. The van der Waals surface area contributed by atoms with E-state index in [1.165, 1.54) is 11.1 Å². The van der Waals surface area contributed by atoms with Crippen molar-refractivity contribution in [2.45, 2.75) is 13.0 Å². The largest absolute Gasteiger partial charge is 0.362 e. The van der Waals surface area contributed by atoms with Crippen molar-refractivity contribution < 1.29 is 0 Å². The maximum atomic E-state index is 5.32. The Kier molecular flexibility index (Phi) is 5.58. The van der Waals surface area contributed by atoms with E-state index in [9.17, 15) is 0 Å². The summed E-state index contributed by atoms with van der Waals surface area (Å²) in [6, 6.07) is 20.6. The number of nitrogens with zero attached hydrogens (tertiary/aromatic N) is 2. The van der Waals surface area contributed by atoms with Crippen molar-refractivity contribution >= 4 is 17.3 Å². The van der Waals surface area contributed by atoms with E-state index in [1.807, 2.05) is 23.0 Å². The van der Waals surface area contributed by atoms with Gasteiger partial charge in [-0.1, -0.05) is 42.5 Å². The van der Waals surface area contributed by atoms with Crippen LogP contribution in [0.1, 0.15) is 11.1 Å². The van der Waals surface area contributed by atoms with Crippen LogP contribution in [-0.4, -0.2) is 21.4 Å². The predicted octanol–water partition coefficient (Wildman–Crippen LogP) is 3.08. The second-order valence-corrected chi connectivity index (χ2v) is 5.87. The molecule has 0 spiro atoms. The molecule has 5 heteroatoms. The minimum Gasteiger partial charge on any atom is -0.362 e. The van der Waals surface area contributed by atoms with Gasteiger partial charge in [-0.25, -0.2) is 4.68 Å². The summed E-state index contributed by atoms with van der Waals surface area (Å²) >= 11 is 5.32. The van der Waals surface area contributed by atoms with Crippen molar-refractivity contribution in [2.75, 3.05) is 6.54 Å². The van der Waals surface area contributed by atoms with Crippen molar-refractivity contribution in [1.29, 1.82) is 0 Å². The van der Waals surface area contributed by atoms with E-state index in [0.29, 0.717) is 11.7 Å². The molecule has 2 aromatic carbocycles. The van der Waals surface area contributed by atoms with Gasteiger partial charge in [0.25, 0.3) is 0 Å². The van der Waals surface area contributed by atoms with Gasteiger partial charge in [-0.15, -0.1) is 0 Å². The van der Waals surface area contributed by atoms with Crippen molar-refractivity contribution in [3.63, 3.8) is 0 Å². The van der Waals surface area contributed by atoms with E-state index >= 15 is 0 Å². The standard InChI is InChI=1S/C19H20N4S/c24-19(20-13-11-16-5-2-1-3-6-16)21-15-17-7-9-18(10-8-17)23-14-4-12-22-23/h1-10,12,14H,11,13,15H2,(H2,20,21,24). The lowest BCUT2D eigenvalue weighted by Crippen LogP contribution is -2.35. The molecule has 0 aliphatic rings. The average Bonchev–Trinajstić information content (AvgIpc) is 3.16. The van der Waals surface area contributed by atoms with Gasteiger partial charge in [0.2, 0.25) is 0 Å². The first-order valence-electron chi connectivity index (χ1n) is 7.96. The number of hydrogen-bond acceptors (Lipinski definition) is 2. The van der Waals surface area contributed by atoms with E-state index in [0.717, 1.165) is 18.7 Å². The molecule has 0 bridgehead atoms. The topological polar surface area (TPSA) is 41.9 Å². The van der Waals surface area contributed by atoms with E-state index in [-0.39, 0.29) is 0 Å². The van der Waals surface area contributed by atoms with Crippen LogP contribution in [0, 0.1) is 0 Å². The van der Waals surface area contributed by atoms with Gasteiger partial charge in [0.05, 0.1) is 5.69 Å². The highest BCUT2D eigenvalue weighted by molar-refractivity contribution is 7.80. The van der Waals surface area contributed by atoms with Gasteiger partial charge in [-0.05, 0) is 48.0 Å². The van der Waals surface area contributed by atoms with Gasteiger partial charge in [-0.3, -0.25) is 0 Å². The molecule has 0 aliphatic heterocycles. The second kappa shape index (κ2) is 8.26. The lowest BCUT2D eigenvalue weighted by molar-refractivity contribution is 0.813. The summed E-state index contributed by atoms with van der Waals surface area (Å²) in [6.07, 6.45) is 4.66. The SMILES string of the molecule is S=C(NCCc1ccccc1)NCc1ccc(-n2cccn2)cc1. The van der Waals surface area contributed by atoms with Crippen molar-refractivity contribution in [2.24, 2.45) is 0 Å². The van der Waals surface area contributed by atoms with Gasteiger partial charge in [0, 0.05) is 25.5 Å². The monoisotopic (exact) mass is 336 g/mol. The number of thiocarbonyl (C=S) groups is 1. The number of hydrogen-bond donors (Lipinski definition) is 2. The lowest BCUT2D eigenvalue weighted by Gasteiger charge is -2.11. The van der Waals surface area contributed by atoms with Crippen LogP contribution in [0.3, 0.4) is 0 Å². The van der Waals surface area contributed by atoms with Gasteiger partial charge in [0.15, 0.2) is 5.11 Å². The van der Waals surface area contributed by atoms with Crippen LogP contribution in [-0.2, 0) is 13.0 Å². The third-order valence-corrected chi connectivity index (χ3v) is 3.99. The van der Waals surface area contributed by atoms with Gasteiger partial charge in [-0.2, -0.15) is 5.10 Å². The molecule has 2 N–H and O–H groups in total. The minimum absolute atomic E-state index is 0.682. The van der Waals surface area contributed by atoms with E-state index in [1.54, 1.807) is 6.20 Å². The third kappa shape index (κ3) is 4.67. The second-order valence-electron chi connectivity index (χ2n) is 5.46. The van der Waals surface area contributed by atoms with E-state index in [4.69, 9.17) is 12.2 Å². The third-order valence-electron chi connectivity index (χ3n) is 3.70. The fourth-order valence-corrected chi connectivity index (χ4v) is 2.57. The number of benzene rings is 2. The molecule has 0 saturated carbocycles. The van der Waals surface area contributed by atoms with Gasteiger partial charge >= 0.3 is 0 Å². The van der Waals surface area contributed by atoms with Gasteiger partial charge < -0.3 is 10.6 Å². The Bertz CT molecular complexity index is 752. The van der Waals surface area contributed by atoms with Crippen LogP contribution in [0.25, 0.3) is 5.69 Å². The van der Waals surface area contributed by atoms with Crippen molar-refractivity contribution in [1.82, 2.24) is 20.4 Å². The fraction of sp³-hybridized carbons (Fsp3) is 0.158. The summed E-state index contributed by atoms with van der Waals surface area (Å²) in [7, 11) is 0. The molecule has 122 valence electrons. The molecule has 0 aliphatic carbocycles. The molecule has 4 nitrogen and oxygen atoms in total. The van der Waals surface area contributed by atoms with Crippen LogP contribution in [0.4, 0.5) is 0 Å². The number of nitrogens with one attached hydrogen (secondary N) is 2. The minimum atomic E-state index is 0.682. The molecule has 0 radical (unpaired) electrons. The Balaban J connectivity index is 1.41. The van der Waals surface area contributed by atoms with Crippen molar-refractivity contribution in [3.05, 3.63) is 84.2 Å². The lowest BCUT2D eigenvalue weighted by atomic mass is 10.1. The molecule has 24 heavy (non-hydrogen) atoms. The summed E-state index contributed by atoms with van der Waals surface area (Å²) in [5.74, 6) is 0. The average molecular weight is 336 g/mol.